The Kier molecular flexibility index (Phi) is 5.92. The first-order chi connectivity index (χ1) is 14.0. The molecule has 2 aliphatic rings. The lowest BCUT2D eigenvalue weighted by Gasteiger charge is -2.23. The van der Waals surface area contributed by atoms with Crippen molar-refractivity contribution < 1.29 is 13.2 Å². The quantitative estimate of drug-likeness (QED) is 0.780. The number of carbonyl (C=O) groups excluding carboxylic acids is 1. The molecule has 158 valence electrons. The SMILES string of the molecule is CCCCS(=O)(=O)N1CCCC1C(=O)Nc1ccc2c(c1)nc1n2CCCCC1. The second-order valence-corrected chi connectivity index (χ2v) is 10.2. The van der Waals surface area contributed by atoms with E-state index in [2.05, 4.69) is 9.88 Å². The lowest BCUT2D eigenvalue weighted by molar-refractivity contribution is -0.119. The molecule has 0 radical (unpaired) electrons. The molecule has 1 amide bonds. The van der Waals surface area contributed by atoms with E-state index >= 15 is 0 Å². The number of anilines is 1. The summed E-state index contributed by atoms with van der Waals surface area (Å²) in [6.45, 7) is 3.39. The third-order valence-electron chi connectivity index (χ3n) is 6.00. The number of aromatic nitrogens is 2. The van der Waals surface area contributed by atoms with Crippen LogP contribution in [0.2, 0.25) is 0 Å². The number of benzene rings is 1. The fraction of sp³-hybridized carbons (Fsp3) is 0.619. The molecule has 0 saturated carbocycles. The highest BCUT2D eigenvalue weighted by Crippen LogP contribution is 2.26. The summed E-state index contributed by atoms with van der Waals surface area (Å²) in [7, 11) is -3.39. The summed E-state index contributed by atoms with van der Waals surface area (Å²) in [6.07, 6.45) is 7.28. The van der Waals surface area contributed by atoms with Crippen LogP contribution in [0.25, 0.3) is 11.0 Å². The number of aryl methyl sites for hydroxylation is 2. The van der Waals surface area contributed by atoms with Gasteiger partial charge in [-0.15, -0.1) is 0 Å². The van der Waals surface area contributed by atoms with Gasteiger partial charge in [0.1, 0.15) is 11.9 Å². The third-order valence-corrected chi connectivity index (χ3v) is 7.95. The zero-order valence-corrected chi connectivity index (χ0v) is 17.9. The van der Waals surface area contributed by atoms with Crippen LogP contribution in [0, 0.1) is 0 Å². The zero-order valence-electron chi connectivity index (χ0n) is 17.1. The minimum atomic E-state index is -3.39. The van der Waals surface area contributed by atoms with E-state index in [4.69, 9.17) is 4.98 Å². The fourth-order valence-corrected chi connectivity index (χ4v) is 6.32. The standard InChI is InChI=1S/C21H30N4O3S/c1-2-3-14-29(27,28)25-13-7-8-19(25)21(26)22-16-10-11-18-17(15-16)23-20-9-5-4-6-12-24(18)20/h10-11,15,19H,2-9,12-14H2,1H3,(H,22,26). The molecule has 2 aromatic rings. The van der Waals surface area contributed by atoms with Crippen molar-refractivity contribution in [2.75, 3.05) is 17.6 Å². The van der Waals surface area contributed by atoms with E-state index in [1.165, 1.54) is 17.1 Å². The van der Waals surface area contributed by atoms with Gasteiger partial charge in [-0.05, 0) is 50.3 Å². The first kappa shape index (κ1) is 20.3. The second-order valence-electron chi connectivity index (χ2n) is 8.12. The van der Waals surface area contributed by atoms with Gasteiger partial charge in [-0.2, -0.15) is 4.31 Å². The number of nitrogens with zero attached hydrogens (tertiary/aromatic N) is 3. The highest BCUT2D eigenvalue weighted by Gasteiger charge is 2.38. The number of imidazole rings is 1. The van der Waals surface area contributed by atoms with Gasteiger partial charge in [-0.1, -0.05) is 19.8 Å². The molecular formula is C21H30N4O3S. The van der Waals surface area contributed by atoms with Crippen molar-refractivity contribution in [3.05, 3.63) is 24.0 Å². The van der Waals surface area contributed by atoms with Crippen molar-refractivity contribution in [3.8, 4) is 0 Å². The van der Waals surface area contributed by atoms with Gasteiger partial charge < -0.3 is 9.88 Å². The van der Waals surface area contributed by atoms with Crippen LogP contribution in [-0.2, 0) is 27.8 Å². The number of unbranched alkanes of at least 4 members (excludes halogenated alkanes) is 1. The summed E-state index contributed by atoms with van der Waals surface area (Å²) < 4.78 is 28.9. The Morgan fingerprint density at radius 1 is 1.21 bits per heavy atom. The van der Waals surface area contributed by atoms with Crippen LogP contribution >= 0.6 is 0 Å². The zero-order chi connectivity index (χ0) is 20.4. The predicted octanol–water partition coefficient (Wildman–Crippen LogP) is 3.30. The Labute approximate surface area is 172 Å². The van der Waals surface area contributed by atoms with Gasteiger partial charge in [-0.25, -0.2) is 13.4 Å². The van der Waals surface area contributed by atoms with E-state index < -0.39 is 16.1 Å². The normalized spacial score (nSPS) is 20.5. The molecule has 1 saturated heterocycles. The first-order valence-corrected chi connectivity index (χ1v) is 12.4. The molecule has 1 aromatic carbocycles. The van der Waals surface area contributed by atoms with Crippen LogP contribution in [0.1, 0.15) is 57.7 Å². The highest BCUT2D eigenvalue weighted by atomic mass is 32.2. The Hall–Kier alpha value is -1.93. The molecule has 7 nitrogen and oxygen atoms in total. The number of sulfonamides is 1. The molecule has 2 aliphatic heterocycles. The molecule has 1 unspecified atom stereocenters. The van der Waals surface area contributed by atoms with Gasteiger partial charge >= 0.3 is 0 Å². The number of nitrogens with one attached hydrogen (secondary N) is 1. The molecule has 1 atom stereocenters. The maximum atomic E-state index is 12.9. The predicted molar refractivity (Wildman–Crippen MR) is 114 cm³/mol. The molecule has 0 bridgehead atoms. The van der Waals surface area contributed by atoms with E-state index in [1.54, 1.807) is 0 Å². The smallest absolute Gasteiger partial charge is 0.242 e. The van der Waals surface area contributed by atoms with Gasteiger partial charge in [-0.3, -0.25) is 4.79 Å². The summed E-state index contributed by atoms with van der Waals surface area (Å²) in [5, 5.41) is 2.93. The van der Waals surface area contributed by atoms with Crippen LogP contribution in [0.15, 0.2) is 18.2 Å². The maximum absolute atomic E-state index is 12.9. The summed E-state index contributed by atoms with van der Waals surface area (Å²) in [5.41, 5.74) is 2.66. The molecule has 1 fully saturated rings. The minimum Gasteiger partial charge on any atom is -0.328 e. The third kappa shape index (κ3) is 4.19. The summed E-state index contributed by atoms with van der Waals surface area (Å²) in [6, 6.07) is 5.19. The van der Waals surface area contributed by atoms with Crippen LogP contribution in [0.3, 0.4) is 0 Å². The molecule has 4 rings (SSSR count). The van der Waals surface area contributed by atoms with Gasteiger partial charge in [0.25, 0.3) is 0 Å². The van der Waals surface area contributed by atoms with Crippen molar-refractivity contribution >= 4 is 32.7 Å². The maximum Gasteiger partial charge on any atom is 0.242 e. The molecule has 29 heavy (non-hydrogen) atoms. The minimum absolute atomic E-state index is 0.111. The number of carbonyl (C=O) groups is 1. The van der Waals surface area contributed by atoms with Crippen molar-refractivity contribution in [2.24, 2.45) is 0 Å². The van der Waals surface area contributed by atoms with Crippen LogP contribution in [0.5, 0.6) is 0 Å². The fourth-order valence-electron chi connectivity index (χ4n) is 4.43. The lowest BCUT2D eigenvalue weighted by atomic mass is 10.2. The number of hydrogen-bond donors (Lipinski definition) is 1. The molecule has 0 spiro atoms. The topological polar surface area (TPSA) is 84.3 Å². The van der Waals surface area contributed by atoms with Crippen molar-refractivity contribution in [1.29, 1.82) is 0 Å². The van der Waals surface area contributed by atoms with E-state index in [0.717, 1.165) is 49.1 Å². The number of amides is 1. The molecular weight excluding hydrogens is 388 g/mol. The Bertz CT molecular complexity index is 999. The molecule has 1 N–H and O–H groups in total. The van der Waals surface area contributed by atoms with Gasteiger partial charge in [0.2, 0.25) is 15.9 Å². The monoisotopic (exact) mass is 418 g/mol. The average molecular weight is 419 g/mol. The number of rotatable bonds is 6. The van der Waals surface area contributed by atoms with E-state index in [9.17, 15) is 13.2 Å². The van der Waals surface area contributed by atoms with Crippen molar-refractivity contribution in [2.45, 2.75) is 70.9 Å². The molecule has 8 heteroatoms. The Balaban J connectivity index is 1.51. The molecule has 1 aromatic heterocycles. The summed E-state index contributed by atoms with van der Waals surface area (Å²) in [4.78, 5) is 17.7. The van der Waals surface area contributed by atoms with Gasteiger partial charge in [0.15, 0.2) is 0 Å². The highest BCUT2D eigenvalue weighted by molar-refractivity contribution is 7.89. The summed E-state index contributed by atoms with van der Waals surface area (Å²) in [5.74, 6) is 0.979. The Morgan fingerprint density at radius 2 is 2.07 bits per heavy atom. The summed E-state index contributed by atoms with van der Waals surface area (Å²) >= 11 is 0. The van der Waals surface area contributed by atoms with E-state index in [-0.39, 0.29) is 11.7 Å². The van der Waals surface area contributed by atoms with Crippen molar-refractivity contribution in [3.63, 3.8) is 0 Å². The Morgan fingerprint density at radius 3 is 2.90 bits per heavy atom. The van der Waals surface area contributed by atoms with Crippen LogP contribution in [-0.4, -0.2) is 46.5 Å². The molecule has 0 aliphatic carbocycles. The average Bonchev–Trinajstić information content (AvgIpc) is 3.26. The lowest BCUT2D eigenvalue weighted by Crippen LogP contribution is -2.44. The van der Waals surface area contributed by atoms with E-state index in [0.29, 0.717) is 25.1 Å². The molecule has 3 heterocycles. The number of hydrogen-bond acceptors (Lipinski definition) is 4. The van der Waals surface area contributed by atoms with E-state index in [1.807, 2.05) is 25.1 Å². The number of fused-ring (bicyclic) bond motifs is 3. The second kappa shape index (κ2) is 8.44. The largest absolute Gasteiger partial charge is 0.328 e. The van der Waals surface area contributed by atoms with Crippen LogP contribution in [0.4, 0.5) is 5.69 Å². The van der Waals surface area contributed by atoms with Crippen LogP contribution < -0.4 is 5.32 Å². The van der Waals surface area contributed by atoms with Gasteiger partial charge in [0.05, 0.1) is 16.8 Å². The van der Waals surface area contributed by atoms with Gasteiger partial charge in [0, 0.05) is 25.2 Å². The van der Waals surface area contributed by atoms with Crippen molar-refractivity contribution in [1.82, 2.24) is 13.9 Å². The first-order valence-electron chi connectivity index (χ1n) is 10.8.